The Balaban J connectivity index is 2.11. The van der Waals surface area contributed by atoms with Crippen molar-refractivity contribution in [1.29, 1.82) is 0 Å². The van der Waals surface area contributed by atoms with Crippen molar-refractivity contribution in [2.24, 2.45) is 5.73 Å². The van der Waals surface area contributed by atoms with Crippen LogP contribution in [0, 0.1) is 0 Å². The fourth-order valence-corrected chi connectivity index (χ4v) is 3.67. The van der Waals surface area contributed by atoms with E-state index in [1.54, 1.807) is 0 Å². The summed E-state index contributed by atoms with van der Waals surface area (Å²) >= 11 is 0. The van der Waals surface area contributed by atoms with E-state index >= 15 is 0 Å². The summed E-state index contributed by atoms with van der Waals surface area (Å²) in [5, 5.41) is 3.54. The minimum atomic E-state index is -0.497. The van der Waals surface area contributed by atoms with E-state index in [-0.39, 0.29) is 5.91 Å². The molecule has 2 aliphatic heterocycles. The molecule has 2 fully saturated rings. The van der Waals surface area contributed by atoms with Crippen LogP contribution < -0.4 is 11.1 Å². The molecule has 4 heteroatoms. The van der Waals surface area contributed by atoms with Crippen molar-refractivity contribution in [2.75, 3.05) is 6.54 Å². The van der Waals surface area contributed by atoms with E-state index in [9.17, 15) is 4.79 Å². The van der Waals surface area contributed by atoms with Crippen molar-refractivity contribution in [1.82, 2.24) is 10.2 Å². The molecule has 0 aromatic heterocycles. The minimum absolute atomic E-state index is 0.198. The Morgan fingerprint density at radius 1 is 1.35 bits per heavy atom. The van der Waals surface area contributed by atoms with E-state index in [0.717, 1.165) is 19.4 Å². The quantitative estimate of drug-likeness (QED) is 0.765. The fraction of sp³-hybridized carbons (Fsp3) is 0.923. The Hall–Kier alpha value is -0.610. The second kappa shape index (κ2) is 4.58. The van der Waals surface area contributed by atoms with Crippen LogP contribution in [0.25, 0.3) is 0 Å². The highest BCUT2D eigenvalue weighted by Crippen LogP contribution is 2.40. The Labute approximate surface area is 104 Å². The topological polar surface area (TPSA) is 58.4 Å². The van der Waals surface area contributed by atoms with Crippen LogP contribution in [0.2, 0.25) is 0 Å². The molecule has 0 aromatic rings. The Morgan fingerprint density at radius 2 is 1.88 bits per heavy atom. The largest absolute Gasteiger partial charge is 0.368 e. The Bertz CT molecular complexity index is 289. The van der Waals surface area contributed by atoms with Crippen LogP contribution in [-0.4, -0.2) is 41.0 Å². The second-order valence-electron chi connectivity index (χ2n) is 5.94. The van der Waals surface area contributed by atoms with E-state index in [2.05, 4.69) is 17.1 Å². The first-order valence-corrected chi connectivity index (χ1v) is 6.78. The van der Waals surface area contributed by atoms with Gasteiger partial charge in [0.05, 0.1) is 5.54 Å². The highest BCUT2D eigenvalue weighted by atomic mass is 16.1. The van der Waals surface area contributed by atoms with Gasteiger partial charge in [-0.3, -0.25) is 9.69 Å². The van der Waals surface area contributed by atoms with E-state index < -0.39 is 5.54 Å². The maximum absolute atomic E-state index is 11.6. The average molecular weight is 239 g/mol. The molecule has 98 valence electrons. The monoisotopic (exact) mass is 239 g/mol. The second-order valence-corrected chi connectivity index (χ2v) is 5.94. The lowest BCUT2D eigenvalue weighted by Crippen LogP contribution is -2.61. The zero-order valence-corrected chi connectivity index (χ0v) is 11.2. The average Bonchev–Trinajstić information content (AvgIpc) is 2.52. The van der Waals surface area contributed by atoms with Gasteiger partial charge in [0.1, 0.15) is 0 Å². The third-order valence-electron chi connectivity index (χ3n) is 4.47. The van der Waals surface area contributed by atoms with Gasteiger partial charge in [-0.25, -0.2) is 0 Å². The lowest BCUT2D eigenvalue weighted by molar-refractivity contribution is -0.131. The van der Waals surface area contributed by atoms with Crippen LogP contribution in [0.1, 0.15) is 46.5 Å². The molecule has 0 aliphatic carbocycles. The number of hydrogen-bond donors (Lipinski definition) is 2. The molecule has 2 rings (SSSR count). The molecule has 2 heterocycles. The van der Waals surface area contributed by atoms with Gasteiger partial charge < -0.3 is 11.1 Å². The molecule has 2 atom stereocenters. The number of carbonyl (C=O) groups is 1. The highest BCUT2D eigenvalue weighted by molar-refractivity contribution is 5.83. The standard InChI is InChI=1S/C13H25N3O/c1-4-15-9-7-10-5-6-11(8-9)16(10)13(2,3)12(14)17/h9-11,15H,4-8H2,1-3H3,(H2,14,17). The van der Waals surface area contributed by atoms with Gasteiger partial charge in [0.2, 0.25) is 5.91 Å². The molecule has 1 amide bonds. The molecule has 4 nitrogen and oxygen atoms in total. The first-order valence-electron chi connectivity index (χ1n) is 6.78. The lowest BCUT2D eigenvalue weighted by atomic mass is 9.90. The van der Waals surface area contributed by atoms with Gasteiger partial charge in [0.15, 0.2) is 0 Å². The first-order chi connectivity index (χ1) is 7.96. The molecular weight excluding hydrogens is 214 g/mol. The molecule has 0 radical (unpaired) electrons. The predicted molar refractivity (Wildman–Crippen MR) is 68.6 cm³/mol. The molecular formula is C13H25N3O. The molecule has 17 heavy (non-hydrogen) atoms. The molecule has 0 saturated carbocycles. The van der Waals surface area contributed by atoms with Crippen LogP contribution >= 0.6 is 0 Å². The zero-order chi connectivity index (χ0) is 12.6. The van der Waals surface area contributed by atoms with Crippen molar-refractivity contribution in [2.45, 2.75) is 70.1 Å². The summed E-state index contributed by atoms with van der Waals surface area (Å²) in [6.07, 6.45) is 4.73. The summed E-state index contributed by atoms with van der Waals surface area (Å²) in [7, 11) is 0. The van der Waals surface area contributed by atoms with Gasteiger partial charge in [-0.1, -0.05) is 6.92 Å². The van der Waals surface area contributed by atoms with Gasteiger partial charge in [0, 0.05) is 18.1 Å². The number of carbonyl (C=O) groups excluding carboxylic acids is 1. The molecule has 2 unspecified atom stereocenters. The zero-order valence-electron chi connectivity index (χ0n) is 11.2. The minimum Gasteiger partial charge on any atom is -0.368 e. The van der Waals surface area contributed by atoms with Crippen molar-refractivity contribution in [3.63, 3.8) is 0 Å². The maximum atomic E-state index is 11.6. The van der Waals surface area contributed by atoms with Crippen molar-refractivity contribution >= 4 is 5.91 Å². The molecule has 2 saturated heterocycles. The van der Waals surface area contributed by atoms with Gasteiger partial charge in [-0.15, -0.1) is 0 Å². The van der Waals surface area contributed by atoms with E-state index in [0.29, 0.717) is 18.1 Å². The van der Waals surface area contributed by atoms with Crippen LogP contribution in [0.15, 0.2) is 0 Å². The lowest BCUT2D eigenvalue weighted by Gasteiger charge is -2.46. The summed E-state index contributed by atoms with van der Waals surface area (Å²) < 4.78 is 0. The summed E-state index contributed by atoms with van der Waals surface area (Å²) in [6.45, 7) is 7.12. The van der Waals surface area contributed by atoms with E-state index in [1.807, 2.05) is 13.8 Å². The third-order valence-corrected chi connectivity index (χ3v) is 4.47. The normalized spacial score (nSPS) is 33.9. The summed E-state index contributed by atoms with van der Waals surface area (Å²) in [5.41, 5.74) is 5.05. The van der Waals surface area contributed by atoms with Gasteiger partial charge in [-0.05, 0) is 46.1 Å². The van der Waals surface area contributed by atoms with E-state index in [4.69, 9.17) is 5.73 Å². The fourth-order valence-electron chi connectivity index (χ4n) is 3.67. The molecule has 2 bridgehead atoms. The predicted octanol–water partition coefficient (Wildman–Crippen LogP) is 0.855. The van der Waals surface area contributed by atoms with Crippen molar-refractivity contribution in [3.05, 3.63) is 0 Å². The van der Waals surface area contributed by atoms with Crippen molar-refractivity contribution in [3.8, 4) is 0 Å². The van der Waals surface area contributed by atoms with Crippen LogP contribution in [-0.2, 0) is 4.79 Å². The number of nitrogens with one attached hydrogen (secondary N) is 1. The third kappa shape index (κ3) is 2.20. The number of nitrogens with two attached hydrogens (primary N) is 1. The van der Waals surface area contributed by atoms with Gasteiger partial charge >= 0.3 is 0 Å². The SMILES string of the molecule is CCNC1CC2CCC(C1)N2C(C)(C)C(N)=O. The summed E-state index contributed by atoms with van der Waals surface area (Å²) in [6, 6.07) is 1.68. The Kier molecular flexibility index (Phi) is 3.46. The van der Waals surface area contributed by atoms with Gasteiger partial charge in [-0.2, -0.15) is 0 Å². The molecule has 2 aliphatic rings. The molecule has 0 spiro atoms. The smallest absolute Gasteiger partial charge is 0.237 e. The molecule has 3 N–H and O–H groups in total. The number of amides is 1. The summed E-state index contributed by atoms with van der Waals surface area (Å²) in [5.74, 6) is -0.198. The number of primary amides is 1. The number of fused-ring (bicyclic) bond motifs is 2. The van der Waals surface area contributed by atoms with Crippen molar-refractivity contribution < 1.29 is 4.79 Å². The summed E-state index contributed by atoms with van der Waals surface area (Å²) in [4.78, 5) is 14.0. The van der Waals surface area contributed by atoms with Crippen LogP contribution in [0.4, 0.5) is 0 Å². The van der Waals surface area contributed by atoms with Crippen LogP contribution in [0.5, 0.6) is 0 Å². The van der Waals surface area contributed by atoms with Gasteiger partial charge in [0.25, 0.3) is 0 Å². The number of piperidine rings is 1. The number of nitrogens with zero attached hydrogens (tertiary/aromatic N) is 1. The molecule has 0 aromatic carbocycles. The number of hydrogen-bond acceptors (Lipinski definition) is 3. The Morgan fingerprint density at radius 3 is 2.29 bits per heavy atom. The number of rotatable bonds is 4. The van der Waals surface area contributed by atoms with E-state index in [1.165, 1.54) is 12.8 Å². The highest BCUT2D eigenvalue weighted by Gasteiger charge is 2.48. The first kappa shape index (κ1) is 12.8. The van der Waals surface area contributed by atoms with Crippen LogP contribution in [0.3, 0.4) is 0 Å². The maximum Gasteiger partial charge on any atom is 0.237 e.